The molecular weight excluding hydrogens is 344 g/mol. The molecule has 0 atom stereocenters. The Hall–Kier alpha value is -2.78. The van der Waals surface area contributed by atoms with Crippen LogP contribution in [-0.2, 0) is 10.0 Å². The lowest BCUT2D eigenvalue weighted by molar-refractivity contribution is -0.384. The summed E-state index contributed by atoms with van der Waals surface area (Å²) in [7, 11) is -4.03. The largest absolute Gasteiger partial charge is 0.295 e. The van der Waals surface area contributed by atoms with E-state index in [1.807, 2.05) is 38.1 Å². The van der Waals surface area contributed by atoms with Crippen molar-refractivity contribution in [3.8, 4) is 0 Å². The van der Waals surface area contributed by atoms with E-state index in [1.54, 1.807) is 0 Å². The molecule has 0 saturated heterocycles. The van der Waals surface area contributed by atoms with E-state index in [2.05, 4.69) is 10.5 Å². The fourth-order valence-electron chi connectivity index (χ4n) is 2.16. The fourth-order valence-corrected chi connectivity index (χ4v) is 2.69. The number of rotatable bonds is 6. The second-order valence-electron chi connectivity index (χ2n) is 5.37. The normalized spacial score (nSPS) is 12.0. The van der Waals surface area contributed by atoms with Crippen LogP contribution in [0.4, 0.5) is 11.4 Å². The van der Waals surface area contributed by atoms with Gasteiger partial charge in [-0.1, -0.05) is 36.8 Å². The molecule has 9 heteroatoms. The first-order chi connectivity index (χ1) is 11.7. The van der Waals surface area contributed by atoms with Gasteiger partial charge in [-0.15, -0.1) is 0 Å². The molecule has 0 aliphatic heterocycles. The van der Waals surface area contributed by atoms with Gasteiger partial charge in [0.15, 0.2) is 0 Å². The second kappa shape index (κ2) is 7.41. The SMILES string of the molecule is CC/C(=N/Nc1ccc(S(N)(=O)=O)cc1[N+](=O)[O-])c1ccc(C)cc1. The van der Waals surface area contributed by atoms with E-state index in [0.717, 1.165) is 17.2 Å². The zero-order valence-corrected chi connectivity index (χ0v) is 14.6. The lowest BCUT2D eigenvalue weighted by atomic mass is 10.1. The minimum absolute atomic E-state index is 0.0791. The summed E-state index contributed by atoms with van der Waals surface area (Å²) in [5.41, 5.74) is 5.02. The quantitative estimate of drug-likeness (QED) is 0.464. The van der Waals surface area contributed by atoms with Crippen LogP contribution in [0.5, 0.6) is 0 Å². The Morgan fingerprint density at radius 3 is 2.40 bits per heavy atom. The molecule has 0 saturated carbocycles. The van der Waals surface area contributed by atoms with Crippen molar-refractivity contribution in [2.24, 2.45) is 10.2 Å². The minimum atomic E-state index is -4.03. The number of aryl methyl sites for hydroxylation is 1. The lowest BCUT2D eigenvalue weighted by Gasteiger charge is -2.08. The van der Waals surface area contributed by atoms with Gasteiger partial charge in [0.05, 0.1) is 15.5 Å². The molecule has 8 nitrogen and oxygen atoms in total. The Balaban J connectivity index is 2.38. The predicted molar refractivity (Wildman–Crippen MR) is 96.1 cm³/mol. The summed E-state index contributed by atoms with van der Waals surface area (Å²) >= 11 is 0. The summed E-state index contributed by atoms with van der Waals surface area (Å²) in [5, 5.41) is 20.4. The number of anilines is 1. The number of benzene rings is 2. The Bertz CT molecular complexity index is 922. The highest BCUT2D eigenvalue weighted by molar-refractivity contribution is 7.89. The summed E-state index contributed by atoms with van der Waals surface area (Å²) in [6.07, 6.45) is 0.610. The van der Waals surface area contributed by atoms with Crippen molar-refractivity contribution in [1.82, 2.24) is 0 Å². The molecule has 0 aliphatic carbocycles. The molecular formula is C16H18N4O4S. The van der Waals surface area contributed by atoms with E-state index in [9.17, 15) is 18.5 Å². The molecule has 25 heavy (non-hydrogen) atoms. The van der Waals surface area contributed by atoms with Crippen molar-refractivity contribution in [2.75, 3.05) is 5.43 Å². The van der Waals surface area contributed by atoms with E-state index in [-0.39, 0.29) is 10.6 Å². The summed E-state index contributed by atoms with van der Waals surface area (Å²) in [5.74, 6) is 0. The zero-order valence-electron chi connectivity index (χ0n) is 13.8. The molecule has 132 valence electrons. The molecule has 2 rings (SSSR count). The number of nitrogens with zero attached hydrogens (tertiary/aromatic N) is 2. The average Bonchev–Trinajstić information content (AvgIpc) is 2.56. The van der Waals surface area contributed by atoms with Gasteiger partial charge in [-0.05, 0) is 31.0 Å². The molecule has 3 N–H and O–H groups in total. The molecule has 0 fully saturated rings. The Kier molecular flexibility index (Phi) is 5.50. The van der Waals surface area contributed by atoms with Crippen molar-refractivity contribution < 1.29 is 13.3 Å². The van der Waals surface area contributed by atoms with Crippen molar-refractivity contribution in [3.05, 3.63) is 63.7 Å². The Labute approximate surface area is 145 Å². The summed E-state index contributed by atoms with van der Waals surface area (Å²) in [4.78, 5) is 10.2. The molecule has 0 radical (unpaired) electrons. The molecule has 0 aliphatic rings. The number of nitro groups is 1. The van der Waals surface area contributed by atoms with Crippen LogP contribution in [0, 0.1) is 17.0 Å². The number of nitrogens with two attached hydrogens (primary N) is 1. The molecule has 0 heterocycles. The van der Waals surface area contributed by atoms with Gasteiger partial charge in [-0.25, -0.2) is 13.6 Å². The Morgan fingerprint density at radius 2 is 1.88 bits per heavy atom. The van der Waals surface area contributed by atoms with Gasteiger partial charge in [-0.2, -0.15) is 5.10 Å². The highest BCUT2D eigenvalue weighted by Crippen LogP contribution is 2.27. The van der Waals surface area contributed by atoms with Crippen LogP contribution in [0.3, 0.4) is 0 Å². The monoisotopic (exact) mass is 362 g/mol. The van der Waals surface area contributed by atoms with Gasteiger partial charge in [0.2, 0.25) is 10.0 Å². The van der Waals surface area contributed by atoms with E-state index < -0.39 is 20.6 Å². The van der Waals surface area contributed by atoms with Crippen molar-refractivity contribution in [3.63, 3.8) is 0 Å². The molecule has 2 aromatic carbocycles. The highest BCUT2D eigenvalue weighted by atomic mass is 32.2. The van der Waals surface area contributed by atoms with Gasteiger partial charge in [-0.3, -0.25) is 15.5 Å². The third-order valence-electron chi connectivity index (χ3n) is 3.53. The third-order valence-corrected chi connectivity index (χ3v) is 4.44. The highest BCUT2D eigenvalue weighted by Gasteiger charge is 2.19. The number of nitro benzene ring substituents is 1. The number of hydrogen-bond acceptors (Lipinski definition) is 6. The van der Waals surface area contributed by atoms with Crippen molar-refractivity contribution in [2.45, 2.75) is 25.2 Å². The molecule has 0 aromatic heterocycles. The van der Waals surface area contributed by atoms with Gasteiger partial charge in [0, 0.05) is 6.07 Å². The number of nitrogens with one attached hydrogen (secondary N) is 1. The summed E-state index contributed by atoms with van der Waals surface area (Å²) < 4.78 is 22.7. The maximum atomic E-state index is 11.4. The second-order valence-corrected chi connectivity index (χ2v) is 6.93. The first-order valence-electron chi connectivity index (χ1n) is 7.43. The van der Waals surface area contributed by atoms with Crippen LogP contribution < -0.4 is 10.6 Å². The standard InChI is InChI=1S/C16H18N4O4S/c1-3-14(12-6-4-11(2)5-7-12)18-19-15-9-8-13(25(17,23)24)10-16(15)20(21)22/h4-10,19H,3H2,1-2H3,(H2,17,23,24)/b18-14-. The van der Waals surface area contributed by atoms with Gasteiger partial charge in [0.1, 0.15) is 5.69 Å². The van der Waals surface area contributed by atoms with Gasteiger partial charge in [0.25, 0.3) is 5.69 Å². The number of hydrazone groups is 1. The first kappa shape index (κ1) is 18.6. The van der Waals surface area contributed by atoms with Crippen LogP contribution >= 0.6 is 0 Å². The lowest BCUT2D eigenvalue weighted by Crippen LogP contribution is -2.12. The fraction of sp³-hybridized carbons (Fsp3) is 0.188. The predicted octanol–water partition coefficient (Wildman–Crippen LogP) is 2.78. The topological polar surface area (TPSA) is 128 Å². The van der Waals surface area contributed by atoms with Crippen molar-refractivity contribution in [1.29, 1.82) is 0 Å². The average molecular weight is 362 g/mol. The summed E-state index contributed by atoms with van der Waals surface area (Å²) in [6, 6.07) is 11.1. The smallest absolute Gasteiger partial charge is 0.271 e. The van der Waals surface area contributed by atoms with E-state index in [1.165, 1.54) is 12.1 Å². The molecule has 0 spiro atoms. The van der Waals surface area contributed by atoms with Crippen LogP contribution in [0.2, 0.25) is 0 Å². The number of hydrogen-bond donors (Lipinski definition) is 2. The molecule has 0 bridgehead atoms. The van der Waals surface area contributed by atoms with Gasteiger partial charge >= 0.3 is 0 Å². The summed E-state index contributed by atoms with van der Waals surface area (Å²) in [6.45, 7) is 3.89. The minimum Gasteiger partial charge on any atom is -0.271 e. The Morgan fingerprint density at radius 1 is 1.24 bits per heavy atom. The van der Waals surface area contributed by atoms with Crippen LogP contribution in [0.25, 0.3) is 0 Å². The number of sulfonamides is 1. The van der Waals surface area contributed by atoms with Crippen LogP contribution in [-0.4, -0.2) is 19.1 Å². The maximum Gasteiger partial charge on any atom is 0.295 e. The zero-order chi connectivity index (χ0) is 18.6. The van der Waals surface area contributed by atoms with E-state index in [4.69, 9.17) is 5.14 Å². The molecule has 0 unspecified atom stereocenters. The molecule has 0 amide bonds. The van der Waals surface area contributed by atoms with Crippen LogP contribution in [0.1, 0.15) is 24.5 Å². The molecule has 2 aromatic rings. The maximum absolute atomic E-state index is 11.4. The van der Waals surface area contributed by atoms with Crippen LogP contribution in [0.15, 0.2) is 52.5 Å². The van der Waals surface area contributed by atoms with E-state index in [0.29, 0.717) is 12.1 Å². The van der Waals surface area contributed by atoms with E-state index >= 15 is 0 Å². The van der Waals surface area contributed by atoms with Gasteiger partial charge < -0.3 is 0 Å². The van der Waals surface area contributed by atoms with Crippen molar-refractivity contribution >= 4 is 27.1 Å². The third kappa shape index (κ3) is 4.61. The first-order valence-corrected chi connectivity index (χ1v) is 8.98. The number of primary sulfonamides is 1.